The highest BCUT2D eigenvalue weighted by molar-refractivity contribution is 7.33. The van der Waals surface area contributed by atoms with E-state index in [0.29, 0.717) is 5.56 Å². The van der Waals surface area contributed by atoms with Crippen molar-refractivity contribution in [2.45, 2.75) is 161 Å². The molecule has 2 aliphatic heterocycles. The summed E-state index contributed by atoms with van der Waals surface area (Å²) in [5, 5.41) is 3.43. The summed E-state index contributed by atoms with van der Waals surface area (Å²) in [7, 11) is 0. The van der Waals surface area contributed by atoms with Gasteiger partial charge in [-0.3, -0.25) is 0 Å². The summed E-state index contributed by atoms with van der Waals surface area (Å²) in [6.45, 7) is 27.0. The molecule has 81 heavy (non-hydrogen) atoms. The fourth-order valence-electron chi connectivity index (χ4n) is 15.5. The van der Waals surface area contributed by atoms with Crippen LogP contribution < -0.4 is 30.4 Å². The maximum absolute atomic E-state index is 8.57. The van der Waals surface area contributed by atoms with Gasteiger partial charge in [0.15, 0.2) is 0 Å². The molecular formula is C75H76BN3OS. The van der Waals surface area contributed by atoms with E-state index in [-0.39, 0.29) is 39.2 Å². The molecule has 0 amide bonds. The first-order chi connectivity index (χ1) is 39.7. The maximum Gasteiger partial charge on any atom is 0.264 e. The Labute approximate surface area is 489 Å². The fraction of sp³-hybridized carbons (Fsp3) is 0.333. The van der Waals surface area contributed by atoms with Crippen molar-refractivity contribution in [1.82, 2.24) is 0 Å². The van der Waals surface area contributed by atoms with Gasteiger partial charge < -0.3 is 19.1 Å². The zero-order valence-corrected chi connectivity index (χ0v) is 50.2. The highest BCUT2D eigenvalue weighted by Crippen LogP contribution is 2.57. The van der Waals surface area contributed by atoms with Crippen LogP contribution in [-0.4, -0.2) is 6.71 Å². The molecule has 0 N–H and O–H groups in total. The zero-order valence-electron chi connectivity index (χ0n) is 52.4. The smallest absolute Gasteiger partial charge is 0.264 e. The number of hydrogen-bond acceptors (Lipinski definition) is 5. The number of fused-ring (bicyclic) bond motifs is 12. The van der Waals surface area contributed by atoms with Crippen molar-refractivity contribution in [3.63, 3.8) is 0 Å². The molecule has 0 fully saturated rings. The standard InChI is InChI=1S/C75H76BN3OS/c1-45-23-25-47(26-24-45)79-63-39-50(77(46-19-15-14-16-20-46)49-27-29-52-51-21-17-18-22-64(51)80-65(52)40-49)38-62-67(63)76(69-68(79)53-41-56-59(44-66(53)81-69)75(12,13)36-33-72(56,6)7)60-42-57-58(74(10,11)35-34-73(57,8)9)43-61(60)78(62)48-28-30-54-55(37-48)71(4,5)32-31-70(54,2)3/h14-30,37-44H,31-36H2,1-13H3/i1D3. The first-order valence-electron chi connectivity index (χ1n) is 31.3. The summed E-state index contributed by atoms with van der Waals surface area (Å²) in [4.78, 5) is 7.61. The van der Waals surface area contributed by atoms with Crippen molar-refractivity contribution < 1.29 is 8.53 Å². The molecule has 2 aromatic heterocycles. The van der Waals surface area contributed by atoms with Gasteiger partial charge in [0.1, 0.15) is 11.2 Å². The number of anilines is 9. The number of rotatable bonds is 5. The van der Waals surface area contributed by atoms with Crippen LogP contribution in [0.5, 0.6) is 0 Å². The average molecular weight is 1080 g/mol. The molecule has 0 bridgehead atoms. The fourth-order valence-corrected chi connectivity index (χ4v) is 16.8. The van der Waals surface area contributed by atoms with Crippen molar-refractivity contribution in [2.24, 2.45) is 0 Å². The first kappa shape index (κ1) is 47.6. The Bertz CT molecular complexity index is 4410. The number of hydrogen-bond donors (Lipinski definition) is 0. The third-order valence-corrected chi connectivity index (χ3v) is 21.9. The lowest BCUT2D eigenvalue weighted by molar-refractivity contribution is 0.332. The van der Waals surface area contributed by atoms with Crippen LogP contribution in [0, 0.1) is 6.85 Å². The second-order valence-corrected chi connectivity index (χ2v) is 29.8. The molecule has 0 atom stereocenters. The Balaban J connectivity index is 1.11. The molecule has 0 spiro atoms. The van der Waals surface area contributed by atoms with Gasteiger partial charge in [0.2, 0.25) is 0 Å². The molecule has 5 aliphatic rings. The van der Waals surface area contributed by atoms with Crippen molar-refractivity contribution >= 4 is 117 Å². The molecule has 0 saturated carbocycles. The SMILES string of the molecule is [2H]C([2H])([2H])c1ccc(N2c3cc(N(c4ccccc4)c4ccc5c(c4)oc4ccccc45)cc4c3B(c3cc5c(cc3N4c3ccc4c(c3)C(C)(C)CCC4(C)C)C(C)(C)CCC5(C)C)c3sc4cc5c(cc4c32)C(C)(C)CCC5(C)C)cc1. The quantitative estimate of drug-likeness (QED) is 0.160. The number of nitrogens with zero attached hydrogens (tertiary/aromatic N) is 3. The predicted octanol–water partition coefficient (Wildman–Crippen LogP) is 19.7. The minimum Gasteiger partial charge on any atom is -0.456 e. The molecule has 406 valence electrons. The molecule has 0 unspecified atom stereocenters. The van der Waals surface area contributed by atoms with Crippen molar-refractivity contribution in [3.05, 3.63) is 191 Å². The second kappa shape index (κ2) is 17.0. The number of para-hydroxylation sites is 2. The minimum absolute atomic E-state index is 0.0136. The molecule has 0 radical (unpaired) electrons. The average Bonchev–Trinajstić information content (AvgIpc) is 1.20. The summed E-state index contributed by atoms with van der Waals surface area (Å²) in [5.41, 5.74) is 22.9. The van der Waals surface area contributed by atoms with Crippen molar-refractivity contribution in [3.8, 4) is 0 Å². The summed E-state index contributed by atoms with van der Waals surface area (Å²) < 4.78 is 35.0. The van der Waals surface area contributed by atoms with Crippen molar-refractivity contribution in [1.29, 1.82) is 0 Å². The van der Waals surface area contributed by atoms with E-state index in [4.69, 9.17) is 8.53 Å². The molecule has 10 aromatic rings. The van der Waals surface area contributed by atoms with E-state index in [0.717, 1.165) is 100 Å². The van der Waals surface area contributed by atoms with Gasteiger partial charge in [-0.2, -0.15) is 0 Å². The van der Waals surface area contributed by atoms with Gasteiger partial charge in [-0.05, 0) is 207 Å². The summed E-state index contributed by atoms with van der Waals surface area (Å²) >= 11 is 1.97. The molecule has 0 saturated heterocycles. The van der Waals surface area contributed by atoms with Crippen LogP contribution in [0.2, 0.25) is 0 Å². The molecule has 3 aliphatic carbocycles. The van der Waals surface area contributed by atoms with E-state index >= 15 is 0 Å². The van der Waals surface area contributed by atoms with E-state index in [1.165, 1.54) is 70.5 Å². The number of aryl methyl sites for hydroxylation is 1. The van der Waals surface area contributed by atoms with Gasteiger partial charge in [0.25, 0.3) is 6.71 Å². The van der Waals surface area contributed by atoms with Crippen LogP contribution in [0.1, 0.15) is 165 Å². The third kappa shape index (κ3) is 7.53. The normalized spacial score (nSPS) is 19.9. The number of thiophene rings is 1. The lowest BCUT2D eigenvalue weighted by Gasteiger charge is -2.48. The van der Waals surface area contributed by atoms with E-state index < -0.39 is 6.85 Å². The Morgan fingerprint density at radius 2 is 1.00 bits per heavy atom. The van der Waals surface area contributed by atoms with E-state index in [9.17, 15) is 0 Å². The molecule has 6 heteroatoms. The van der Waals surface area contributed by atoms with E-state index in [1.54, 1.807) is 0 Å². The zero-order chi connectivity index (χ0) is 58.6. The van der Waals surface area contributed by atoms with Crippen LogP contribution in [0.4, 0.5) is 51.2 Å². The van der Waals surface area contributed by atoms with Gasteiger partial charge in [-0.25, -0.2) is 0 Å². The van der Waals surface area contributed by atoms with E-state index in [2.05, 4.69) is 231 Å². The molecule has 8 aromatic carbocycles. The monoisotopic (exact) mass is 1080 g/mol. The maximum atomic E-state index is 8.57. The molecular weight excluding hydrogens is 1000 g/mol. The number of benzene rings is 8. The van der Waals surface area contributed by atoms with Crippen LogP contribution >= 0.6 is 11.3 Å². The molecule has 15 rings (SSSR count). The van der Waals surface area contributed by atoms with Gasteiger partial charge >= 0.3 is 0 Å². The predicted molar refractivity (Wildman–Crippen MR) is 348 cm³/mol. The van der Waals surface area contributed by atoms with Crippen LogP contribution in [0.15, 0.2) is 156 Å². The Morgan fingerprint density at radius 1 is 0.444 bits per heavy atom. The van der Waals surface area contributed by atoms with Gasteiger partial charge in [-0.15, -0.1) is 11.3 Å². The second-order valence-electron chi connectivity index (χ2n) is 28.7. The first-order valence-corrected chi connectivity index (χ1v) is 30.6. The summed E-state index contributed by atoms with van der Waals surface area (Å²) in [5.74, 6) is 0. The van der Waals surface area contributed by atoms with Gasteiger partial charge in [0.05, 0.1) is 11.4 Å². The lowest BCUT2D eigenvalue weighted by Crippen LogP contribution is -2.61. The lowest BCUT2D eigenvalue weighted by atomic mass is 9.35. The van der Waals surface area contributed by atoms with E-state index in [1.807, 2.05) is 29.5 Å². The largest absolute Gasteiger partial charge is 0.456 e. The van der Waals surface area contributed by atoms with Crippen LogP contribution in [0.25, 0.3) is 32.0 Å². The van der Waals surface area contributed by atoms with Crippen LogP contribution in [-0.2, 0) is 32.5 Å². The topological polar surface area (TPSA) is 22.9 Å². The molecule has 4 nitrogen and oxygen atoms in total. The summed E-state index contributed by atoms with van der Waals surface area (Å²) in [6.07, 6.45) is 6.71. The van der Waals surface area contributed by atoms with Gasteiger partial charge in [-0.1, -0.05) is 149 Å². The Kier molecular flexibility index (Phi) is 10.0. The highest BCUT2D eigenvalue weighted by Gasteiger charge is 2.50. The minimum atomic E-state index is -2.26. The molecule has 4 heterocycles. The Hall–Kier alpha value is -7.02. The number of furan rings is 1. The van der Waals surface area contributed by atoms with Gasteiger partial charge in [0, 0.05) is 75.6 Å². The summed E-state index contributed by atoms with van der Waals surface area (Å²) in [6, 6.07) is 56.5. The Morgan fingerprint density at radius 3 is 1.67 bits per heavy atom. The van der Waals surface area contributed by atoms with Crippen LogP contribution in [0.3, 0.4) is 0 Å². The third-order valence-electron chi connectivity index (χ3n) is 20.7. The highest BCUT2D eigenvalue weighted by atomic mass is 32.1. The van der Waals surface area contributed by atoms with Crippen molar-refractivity contribution in [2.75, 3.05) is 14.7 Å².